The van der Waals surface area contributed by atoms with Crippen LogP contribution in [0.1, 0.15) is 25.6 Å². The first-order valence-electron chi connectivity index (χ1n) is 6.89. The van der Waals surface area contributed by atoms with Gasteiger partial charge in [0.1, 0.15) is 6.54 Å². The van der Waals surface area contributed by atoms with Gasteiger partial charge >= 0.3 is 6.03 Å². The van der Waals surface area contributed by atoms with Crippen LogP contribution in [0.25, 0.3) is 0 Å². The lowest BCUT2D eigenvalue weighted by Crippen LogP contribution is -2.44. The summed E-state index contributed by atoms with van der Waals surface area (Å²) in [6, 6.07) is 3.11. The number of nitrogens with one attached hydrogen (secondary N) is 1. The molecule has 114 valence electrons. The van der Waals surface area contributed by atoms with Crippen molar-refractivity contribution in [1.29, 1.82) is 0 Å². The number of thiophene rings is 1. The van der Waals surface area contributed by atoms with Crippen molar-refractivity contribution in [2.45, 2.75) is 26.3 Å². The molecule has 4 amide bonds. The average molecular weight is 309 g/mol. The molecule has 1 saturated heterocycles. The van der Waals surface area contributed by atoms with Crippen LogP contribution in [-0.4, -0.2) is 47.3 Å². The van der Waals surface area contributed by atoms with Crippen molar-refractivity contribution in [3.05, 3.63) is 22.4 Å². The molecule has 21 heavy (non-hydrogen) atoms. The van der Waals surface area contributed by atoms with Crippen molar-refractivity contribution in [2.24, 2.45) is 0 Å². The molecule has 2 heterocycles. The van der Waals surface area contributed by atoms with Gasteiger partial charge in [-0.1, -0.05) is 6.07 Å². The van der Waals surface area contributed by atoms with Gasteiger partial charge in [-0.2, -0.15) is 0 Å². The summed E-state index contributed by atoms with van der Waals surface area (Å²) in [7, 11) is 0. The number of hydrogen-bond donors (Lipinski definition) is 1. The second kappa shape index (κ2) is 5.85. The summed E-state index contributed by atoms with van der Waals surface area (Å²) in [5.74, 6) is -0.602. The van der Waals surface area contributed by atoms with Crippen LogP contribution in [0, 0.1) is 0 Å². The highest BCUT2D eigenvalue weighted by Gasteiger charge is 2.50. The topological polar surface area (TPSA) is 69.7 Å². The molecule has 0 radical (unpaired) electrons. The quantitative estimate of drug-likeness (QED) is 0.836. The maximum absolute atomic E-state index is 12.5. The minimum Gasteiger partial charge on any atom is -0.342 e. The van der Waals surface area contributed by atoms with Crippen LogP contribution in [0.2, 0.25) is 0 Å². The number of nitrogens with zero attached hydrogens (tertiary/aromatic N) is 2. The van der Waals surface area contributed by atoms with E-state index in [4.69, 9.17) is 0 Å². The van der Waals surface area contributed by atoms with Gasteiger partial charge in [-0.05, 0) is 32.2 Å². The Kier molecular flexibility index (Phi) is 4.32. The molecule has 0 unspecified atom stereocenters. The van der Waals surface area contributed by atoms with E-state index in [-0.39, 0.29) is 18.4 Å². The first kappa shape index (κ1) is 15.5. The molecule has 1 atom stereocenters. The Balaban J connectivity index is 2.18. The SMILES string of the molecule is CCN(CC)C(=O)CN1C(=O)N[C@](C)(c2cccs2)C1=O. The van der Waals surface area contributed by atoms with E-state index in [1.54, 1.807) is 17.9 Å². The van der Waals surface area contributed by atoms with E-state index in [1.165, 1.54) is 11.3 Å². The Morgan fingerprint density at radius 2 is 2.05 bits per heavy atom. The summed E-state index contributed by atoms with van der Waals surface area (Å²) in [5.41, 5.74) is -1.07. The third kappa shape index (κ3) is 2.65. The fraction of sp³-hybridized carbons (Fsp3) is 0.500. The van der Waals surface area contributed by atoms with Crippen LogP contribution in [0.5, 0.6) is 0 Å². The standard InChI is InChI=1S/C14H19N3O3S/c1-4-16(5-2)11(18)9-17-12(19)14(3,15-13(17)20)10-7-6-8-21-10/h6-8H,4-5,9H2,1-3H3,(H,15,20)/t14-/m1/s1. The molecule has 1 aliphatic rings. The highest BCUT2D eigenvalue weighted by Crippen LogP contribution is 2.31. The lowest BCUT2D eigenvalue weighted by Gasteiger charge is -2.22. The highest BCUT2D eigenvalue weighted by atomic mass is 32.1. The predicted molar refractivity (Wildman–Crippen MR) is 79.8 cm³/mol. The lowest BCUT2D eigenvalue weighted by molar-refractivity contribution is -0.138. The maximum atomic E-state index is 12.5. The zero-order valence-electron chi connectivity index (χ0n) is 12.4. The number of amides is 4. The van der Waals surface area contributed by atoms with Gasteiger partial charge in [0.15, 0.2) is 5.54 Å². The van der Waals surface area contributed by atoms with Crippen molar-refractivity contribution in [1.82, 2.24) is 15.1 Å². The molecule has 1 aromatic heterocycles. The monoisotopic (exact) mass is 309 g/mol. The third-order valence-corrected chi connectivity index (χ3v) is 4.79. The van der Waals surface area contributed by atoms with E-state index in [9.17, 15) is 14.4 Å². The number of likely N-dealkylation sites (N-methyl/N-ethyl adjacent to an activating group) is 1. The van der Waals surface area contributed by atoms with Gasteiger partial charge in [-0.3, -0.25) is 14.5 Å². The first-order chi connectivity index (χ1) is 9.93. The fourth-order valence-corrected chi connectivity index (χ4v) is 3.22. The maximum Gasteiger partial charge on any atom is 0.325 e. The molecule has 1 fully saturated rings. The van der Waals surface area contributed by atoms with Gasteiger partial charge in [0.2, 0.25) is 5.91 Å². The van der Waals surface area contributed by atoms with Gasteiger partial charge in [0.25, 0.3) is 5.91 Å². The lowest BCUT2D eigenvalue weighted by atomic mass is 10.0. The fourth-order valence-electron chi connectivity index (χ4n) is 2.38. The van der Waals surface area contributed by atoms with Gasteiger partial charge in [-0.25, -0.2) is 4.79 Å². The number of imide groups is 1. The van der Waals surface area contributed by atoms with Crippen molar-refractivity contribution in [3.8, 4) is 0 Å². The molecule has 0 saturated carbocycles. The predicted octanol–water partition coefficient (Wildman–Crippen LogP) is 1.38. The zero-order chi connectivity index (χ0) is 15.6. The molecule has 0 bridgehead atoms. The number of carbonyl (C=O) groups excluding carboxylic acids is 3. The molecular formula is C14H19N3O3S. The van der Waals surface area contributed by atoms with Gasteiger partial charge in [0.05, 0.1) is 0 Å². The van der Waals surface area contributed by atoms with E-state index in [0.29, 0.717) is 13.1 Å². The van der Waals surface area contributed by atoms with Crippen LogP contribution in [0.3, 0.4) is 0 Å². The van der Waals surface area contributed by atoms with Crippen molar-refractivity contribution in [3.63, 3.8) is 0 Å². The largest absolute Gasteiger partial charge is 0.342 e. The van der Waals surface area contributed by atoms with E-state index < -0.39 is 11.6 Å². The molecule has 1 N–H and O–H groups in total. The van der Waals surface area contributed by atoms with E-state index >= 15 is 0 Å². The Morgan fingerprint density at radius 3 is 2.57 bits per heavy atom. The van der Waals surface area contributed by atoms with E-state index in [0.717, 1.165) is 9.78 Å². The number of rotatable bonds is 5. The van der Waals surface area contributed by atoms with Crippen LogP contribution < -0.4 is 5.32 Å². The zero-order valence-corrected chi connectivity index (χ0v) is 13.2. The Bertz CT molecular complexity index is 554. The molecule has 6 nitrogen and oxygen atoms in total. The molecule has 2 rings (SSSR count). The summed E-state index contributed by atoms with van der Waals surface area (Å²) < 4.78 is 0. The van der Waals surface area contributed by atoms with E-state index in [2.05, 4.69) is 5.32 Å². The van der Waals surface area contributed by atoms with Crippen molar-refractivity contribution >= 4 is 29.2 Å². The Morgan fingerprint density at radius 1 is 1.38 bits per heavy atom. The highest BCUT2D eigenvalue weighted by molar-refractivity contribution is 7.10. The minimum atomic E-state index is -1.07. The Hall–Kier alpha value is -1.89. The van der Waals surface area contributed by atoms with Gasteiger partial charge in [0, 0.05) is 18.0 Å². The third-order valence-electron chi connectivity index (χ3n) is 3.70. The summed E-state index contributed by atoms with van der Waals surface area (Å²) in [6.45, 7) is 6.29. The molecular weight excluding hydrogens is 290 g/mol. The van der Waals surface area contributed by atoms with Crippen LogP contribution >= 0.6 is 11.3 Å². The van der Waals surface area contributed by atoms with E-state index in [1.807, 2.05) is 25.3 Å². The van der Waals surface area contributed by atoms with Crippen LogP contribution in [0.4, 0.5) is 4.79 Å². The van der Waals surface area contributed by atoms with Gasteiger partial charge in [-0.15, -0.1) is 11.3 Å². The Labute approximate surface area is 127 Å². The summed E-state index contributed by atoms with van der Waals surface area (Å²) in [6.07, 6.45) is 0. The van der Waals surface area contributed by atoms with Crippen molar-refractivity contribution < 1.29 is 14.4 Å². The average Bonchev–Trinajstić information content (AvgIpc) is 3.05. The number of urea groups is 1. The second-order valence-electron chi connectivity index (χ2n) is 4.99. The second-order valence-corrected chi connectivity index (χ2v) is 5.94. The molecule has 1 aliphatic heterocycles. The molecule has 0 aliphatic carbocycles. The summed E-state index contributed by atoms with van der Waals surface area (Å²) >= 11 is 1.40. The summed E-state index contributed by atoms with van der Waals surface area (Å²) in [4.78, 5) is 40.1. The molecule has 7 heteroatoms. The molecule has 0 aromatic carbocycles. The summed E-state index contributed by atoms with van der Waals surface area (Å²) in [5, 5.41) is 4.54. The minimum absolute atomic E-state index is 0.215. The van der Waals surface area contributed by atoms with Crippen LogP contribution in [0.15, 0.2) is 17.5 Å². The molecule has 1 aromatic rings. The smallest absolute Gasteiger partial charge is 0.325 e. The van der Waals surface area contributed by atoms with Gasteiger partial charge < -0.3 is 10.2 Å². The normalized spacial score (nSPS) is 21.6. The molecule has 0 spiro atoms. The first-order valence-corrected chi connectivity index (χ1v) is 7.77. The number of hydrogen-bond acceptors (Lipinski definition) is 4. The number of carbonyl (C=O) groups is 3. The van der Waals surface area contributed by atoms with Crippen molar-refractivity contribution in [2.75, 3.05) is 19.6 Å². The van der Waals surface area contributed by atoms with Crippen LogP contribution in [-0.2, 0) is 15.1 Å².